The maximum Gasteiger partial charge on any atom is 0.340 e. The molecule has 3 rings (SSSR count). The van der Waals surface area contributed by atoms with E-state index in [0.29, 0.717) is 34.5 Å². The molecule has 0 amide bonds. The highest BCUT2D eigenvalue weighted by Gasteiger charge is 2.39. The van der Waals surface area contributed by atoms with Crippen molar-refractivity contribution in [2.45, 2.75) is 26.3 Å². The normalized spacial score (nSPS) is 15.6. The number of ether oxygens (including phenoxy) is 3. The molecule has 0 fully saturated rings. The lowest BCUT2D eigenvalue weighted by molar-refractivity contribution is -0.139. The average molecular weight is 453 g/mol. The topological polar surface area (TPSA) is 92.8 Å². The molecule has 2 heterocycles. The molecule has 2 N–H and O–H groups in total. The summed E-state index contributed by atoms with van der Waals surface area (Å²) in [5.41, 5.74) is 7.22. The predicted octanol–water partition coefficient (Wildman–Crippen LogP) is 3.37. The van der Waals surface area contributed by atoms with E-state index in [1.54, 1.807) is 49.8 Å². The lowest BCUT2D eigenvalue weighted by Crippen LogP contribution is -2.35. The monoisotopic (exact) mass is 452 g/mol. The van der Waals surface area contributed by atoms with E-state index in [-0.39, 0.29) is 34.9 Å². The van der Waals surface area contributed by atoms with Crippen LogP contribution in [0.1, 0.15) is 29.7 Å². The SMILES string of the molecule is CCOC(=O)C1=C(N)Oc2cc(C)n(CCOC)c(=O)c2[C@H]1c1ccc(Cl)cc1Cl. The van der Waals surface area contributed by atoms with Crippen LogP contribution in [0.5, 0.6) is 5.75 Å². The Morgan fingerprint density at radius 1 is 1.30 bits per heavy atom. The molecule has 1 atom stereocenters. The molecule has 0 saturated carbocycles. The quantitative estimate of drug-likeness (QED) is 0.675. The number of hydrogen-bond acceptors (Lipinski definition) is 6. The van der Waals surface area contributed by atoms with Gasteiger partial charge < -0.3 is 24.5 Å². The van der Waals surface area contributed by atoms with Crippen molar-refractivity contribution in [3.63, 3.8) is 0 Å². The first-order valence-electron chi connectivity index (χ1n) is 9.32. The van der Waals surface area contributed by atoms with Crippen LogP contribution in [0.15, 0.2) is 40.5 Å². The van der Waals surface area contributed by atoms with Gasteiger partial charge in [0.05, 0.1) is 24.7 Å². The van der Waals surface area contributed by atoms with Crippen molar-refractivity contribution >= 4 is 29.2 Å². The molecule has 0 saturated heterocycles. The van der Waals surface area contributed by atoms with E-state index < -0.39 is 11.9 Å². The number of nitrogens with two attached hydrogens (primary N) is 1. The zero-order chi connectivity index (χ0) is 22.0. The van der Waals surface area contributed by atoms with Gasteiger partial charge in [0.1, 0.15) is 11.3 Å². The summed E-state index contributed by atoms with van der Waals surface area (Å²) in [7, 11) is 1.56. The fourth-order valence-electron chi connectivity index (χ4n) is 3.50. The van der Waals surface area contributed by atoms with Crippen molar-refractivity contribution in [2.75, 3.05) is 20.3 Å². The highest BCUT2D eigenvalue weighted by Crippen LogP contribution is 2.43. The van der Waals surface area contributed by atoms with E-state index in [1.165, 1.54) is 0 Å². The van der Waals surface area contributed by atoms with Gasteiger partial charge in [0, 0.05) is 35.5 Å². The van der Waals surface area contributed by atoms with Crippen LogP contribution in [-0.4, -0.2) is 30.9 Å². The number of nitrogens with zero attached hydrogens (tertiary/aromatic N) is 1. The van der Waals surface area contributed by atoms with Crippen molar-refractivity contribution < 1.29 is 19.0 Å². The fraction of sp³-hybridized carbons (Fsp3) is 0.333. The number of esters is 1. The van der Waals surface area contributed by atoms with Gasteiger partial charge in [-0.1, -0.05) is 29.3 Å². The van der Waals surface area contributed by atoms with Gasteiger partial charge >= 0.3 is 5.97 Å². The number of aryl methyl sites for hydroxylation is 1. The third kappa shape index (κ3) is 4.05. The molecule has 9 heteroatoms. The summed E-state index contributed by atoms with van der Waals surface area (Å²) in [6.45, 7) is 4.28. The summed E-state index contributed by atoms with van der Waals surface area (Å²) in [4.78, 5) is 26.3. The van der Waals surface area contributed by atoms with Crippen molar-refractivity contribution in [3.05, 3.63) is 72.9 Å². The number of pyridine rings is 1. The Kier molecular flexibility index (Phi) is 6.75. The van der Waals surface area contributed by atoms with Crippen molar-refractivity contribution in [1.29, 1.82) is 0 Å². The molecule has 1 aliphatic rings. The van der Waals surface area contributed by atoms with Gasteiger partial charge in [-0.05, 0) is 31.5 Å². The van der Waals surface area contributed by atoms with Gasteiger partial charge in [-0.15, -0.1) is 0 Å². The minimum Gasteiger partial charge on any atom is -0.462 e. The van der Waals surface area contributed by atoms with Crippen LogP contribution in [0.25, 0.3) is 0 Å². The van der Waals surface area contributed by atoms with E-state index >= 15 is 0 Å². The molecule has 0 unspecified atom stereocenters. The Bertz CT molecular complexity index is 1080. The zero-order valence-electron chi connectivity index (χ0n) is 16.8. The second-order valence-corrected chi connectivity index (χ2v) is 7.56. The highest BCUT2D eigenvalue weighted by atomic mass is 35.5. The minimum absolute atomic E-state index is 0.0211. The number of methoxy groups -OCH3 is 1. The minimum atomic E-state index is -0.875. The second kappa shape index (κ2) is 9.12. The maximum absolute atomic E-state index is 13.5. The summed E-state index contributed by atoms with van der Waals surface area (Å²) in [6, 6.07) is 6.55. The molecule has 1 aromatic heterocycles. The molecule has 160 valence electrons. The predicted molar refractivity (Wildman–Crippen MR) is 114 cm³/mol. The van der Waals surface area contributed by atoms with E-state index in [1.807, 2.05) is 0 Å². The number of halogens is 2. The first kappa shape index (κ1) is 22.2. The molecule has 0 aliphatic carbocycles. The fourth-order valence-corrected chi connectivity index (χ4v) is 4.02. The van der Waals surface area contributed by atoms with Crippen molar-refractivity contribution in [2.24, 2.45) is 5.73 Å². The van der Waals surface area contributed by atoms with Gasteiger partial charge in [0.25, 0.3) is 5.56 Å². The molecular formula is C21H22Cl2N2O5. The van der Waals surface area contributed by atoms with Crippen molar-refractivity contribution in [3.8, 4) is 5.75 Å². The van der Waals surface area contributed by atoms with Crippen LogP contribution in [0.2, 0.25) is 10.0 Å². The molecular weight excluding hydrogens is 431 g/mol. The van der Waals surface area contributed by atoms with E-state index in [9.17, 15) is 9.59 Å². The lowest BCUT2D eigenvalue weighted by atomic mass is 9.83. The molecule has 30 heavy (non-hydrogen) atoms. The van der Waals surface area contributed by atoms with Crippen LogP contribution >= 0.6 is 23.2 Å². The highest BCUT2D eigenvalue weighted by molar-refractivity contribution is 6.35. The molecule has 0 bridgehead atoms. The molecule has 0 radical (unpaired) electrons. The summed E-state index contributed by atoms with van der Waals surface area (Å²) >= 11 is 12.5. The largest absolute Gasteiger partial charge is 0.462 e. The lowest BCUT2D eigenvalue weighted by Gasteiger charge is -2.29. The van der Waals surface area contributed by atoms with Crippen LogP contribution in [0.4, 0.5) is 0 Å². The second-order valence-electron chi connectivity index (χ2n) is 6.71. The Hall–Kier alpha value is -2.48. The third-order valence-electron chi connectivity index (χ3n) is 4.86. The number of carbonyl (C=O) groups is 1. The summed E-state index contributed by atoms with van der Waals surface area (Å²) < 4.78 is 17.6. The first-order chi connectivity index (χ1) is 14.3. The number of fused-ring (bicyclic) bond motifs is 1. The van der Waals surface area contributed by atoms with Gasteiger partial charge in [-0.3, -0.25) is 4.79 Å². The van der Waals surface area contributed by atoms with Gasteiger partial charge in [0.2, 0.25) is 5.88 Å². The van der Waals surface area contributed by atoms with Crippen LogP contribution in [0, 0.1) is 6.92 Å². The van der Waals surface area contributed by atoms with Crippen LogP contribution in [0.3, 0.4) is 0 Å². The van der Waals surface area contributed by atoms with Gasteiger partial charge in [-0.25, -0.2) is 4.79 Å². The van der Waals surface area contributed by atoms with Crippen LogP contribution < -0.4 is 16.0 Å². The molecule has 1 aromatic carbocycles. The molecule has 0 spiro atoms. The molecule has 1 aliphatic heterocycles. The summed E-state index contributed by atoms with van der Waals surface area (Å²) in [6.07, 6.45) is 0. The summed E-state index contributed by atoms with van der Waals surface area (Å²) in [5, 5.41) is 0.713. The number of carbonyl (C=O) groups excluding carboxylic acids is 1. The first-order valence-corrected chi connectivity index (χ1v) is 10.1. The van der Waals surface area contributed by atoms with Crippen LogP contribution in [-0.2, 0) is 20.8 Å². The van der Waals surface area contributed by atoms with Crippen molar-refractivity contribution in [1.82, 2.24) is 4.57 Å². The Labute approximate surface area is 183 Å². The standard InChI is InChI=1S/C21H22Cl2N2O5/c1-4-29-21(27)18-16(13-6-5-12(22)10-14(13)23)17-15(30-19(18)24)9-11(2)25(20(17)26)7-8-28-3/h5-6,9-10,16H,4,7-8,24H2,1-3H3/t16-/m1/s1. The molecule has 2 aromatic rings. The average Bonchev–Trinajstić information content (AvgIpc) is 2.67. The third-order valence-corrected chi connectivity index (χ3v) is 5.42. The number of aromatic nitrogens is 1. The smallest absolute Gasteiger partial charge is 0.340 e. The zero-order valence-corrected chi connectivity index (χ0v) is 18.3. The Morgan fingerprint density at radius 3 is 2.67 bits per heavy atom. The summed E-state index contributed by atoms with van der Waals surface area (Å²) in [5.74, 6) is -1.42. The number of hydrogen-bond donors (Lipinski definition) is 1. The van der Waals surface area contributed by atoms with Gasteiger partial charge in [-0.2, -0.15) is 0 Å². The number of benzene rings is 1. The molecule has 7 nitrogen and oxygen atoms in total. The van der Waals surface area contributed by atoms with E-state index in [2.05, 4.69) is 0 Å². The number of rotatable bonds is 6. The van der Waals surface area contributed by atoms with Gasteiger partial charge in [0.15, 0.2) is 0 Å². The maximum atomic E-state index is 13.5. The van der Waals surface area contributed by atoms with E-state index in [0.717, 1.165) is 0 Å². The Balaban J connectivity index is 2.31. The Morgan fingerprint density at radius 2 is 2.03 bits per heavy atom. The van der Waals surface area contributed by atoms with E-state index in [4.69, 9.17) is 43.1 Å².